The Morgan fingerprint density at radius 1 is 1.28 bits per heavy atom. The molecular formula is C17H23FN2O4S. The zero-order valence-electron chi connectivity index (χ0n) is 14.4. The van der Waals surface area contributed by atoms with E-state index in [4.69, 9.17) is 4.74 Å². The van der Waals surface area contributed by atoms with Crippen LogP contribution < -0.4 is 0 Å². The molecule has 0 N–H and O–H groups in total. The van der Waals surface area contributed by atoms with Gasteiger partial charge in [-0.1, -0.05) is 13.0 Å². The van der Waals surface area contributed by atoms with Crippen LogP contribution in [0.25, 0.3) is 0 Å². The number of benzene rings is 1. The number of hydrogen-bond acceptors (Lipinski definition) is 4. The van der Waals surface area contributed by atoms with Crippen LogP contribution in [0.15, 0.2) is 23.1 Å². The van der Waals surface area contributed by atoms with Gasteiger partial charge in [-0.3, -0.25) is 0 Å². The molecule has 1 atom stereocenters. The lowest BCUT2D eigenvalue weighted by molar-refractivity contribution is 0.120. The number of aryl methyl sites for hydroxylation is 1. The van der Waals surface area contributed by atoms with E-state index in [2.05, 4.69) is 0 Å². The molecule has 2 fully saturated rings. The molecule has 8 heteroatoms. The molecule has 0 bridgehead atoms. The quantitative estimate of drug-likeness (QED) is 0.817. The highest BCUT2D eigenvalue weighted by Crippen LogP contribution is 2.28. The van der Waals surface area contributed by atoms with Crippen molar-refractivity contribution in [2.24, 2.45) is 0 Å². The van der Waals surface area contributed by atoms with E-state index >= 15 is 0 Å². The van der Waals surface area contributed by atoms with Crippen molar-refractivity contribution in [3.8, 4) is 0 Å². The molecule has 6 nitrogen and oxygen atoms in total. The molecule has 0 aromatic heterocycles. The van der Waals surface area contributed by atoms with Gasteiger partial charge in [0.25, 0.3) is 0 Å². The summed E-state index contributed by atoms with van der Waals surface area (Å²) in [4.78, 5) is 13.7. The summed E-state index contributed by atoms with van der Waals surface area (Å²) in [6.45, 7) is 4.81. The van der Waals surface area contributed by atoms with Crippen molar-refractivity contribution in [2.75, 3.05) is 19.6 Å². The molecule has 1 amide bonds. The van der Waals surface area contributed by atoms with Crippen LogP contribution in [0.2, 0.25) is 0 Å². The molecule has 1 aromatic rings. The zero-order chi connectivity index (χ0) is 18.2. The maximum absolute atomic E-state index is 13.5. The monoisotopic (exact) mass is 370 g/mol. The van der Waals surface area contributed by atoms with Gasteiger partial charge in [0.2, 0.25) is 10.0 Å². The molecule has 138 valence electrons. The summed E-state index contributed by atoms with van der Waals surface area (Å²) in [6.07, 6.45) is 1.49. The van der Waals surface area contributed by atoms with Crippen LogP contribution in [-0.2, 0) is 14.8 Å². The molecule has 25 heavy (non-hydrogen) atoms. The summed E-state index contributed by atoms with van der Waals surface area (Å²) in [5.41, 5.74) is 0.525. The van der Waals surface area contributed by atoms with E-state index in [1.54, 1.807) is 11.8 Å². The maximum Gasteiger partial charge on any atom is 0.410 e. The third-order valence-electron chi connectivity index (χ3n) is 4.99. The smallest absolute Gasteiger partial charge is 0.410 e. The number of halogens is 1. The van der Waals surface area contributed by atoms with Crippen LogP contribution in [0.4, 0.5) is 9.18 Å². The Bertz CT molecular complexity index is 760. The van der Waals surface area contributed by atoms with Crippen molar-refractivity contribution < 1.29 is 22.3 Å². The second kappa shape index (κ2) is 6.92. The van der Waals surface area contributed by atoms with Gasteiger partial charge in [-0.15, -0.1) is 0 Å². The Morgan fingerprint density at radius 2 is 1.96 bits per heavy atom. The summed E-state index contributed by atoms with van der Waals surface area (Å²) in [5, 5.41) is 0. The maximum atomic E-state index is 13.5. The predicted molar refractivity (Wildman–Crippen MR) is 90.2 cm³/mol. The Hall–Kier alpha value is -1.67. The molecule has 2 aliphatic rings. The minimum absolute atomic E-state index is 0.0101. The first-order valence-electron chi connectivity index (χ1n) is 8.56. The number of sulfonamides is 1. The standard InChI is InChI=1S/C17H23FN2O4S/c1-3-15-11-20(17(21)24-15)14-6-8-19(9-7-14)25(22,23)16-10-13(18)5-4-12(16)2/h4-5,10,14-15H,3,6-9,11H2,1-2H3. The van der Waals surface area contributed by atoms with Crippen molar-refractivity contribution in [3.05, 3.63) is 29.6 Å². The first-order valence-corrected chi connectivity index (χ1v) is 10.0. The van der Waals surface area contributed by atoms with Gasteiger partial charge >= 0.3 is 6.09 Å². The number of nitrogens with zero attached hydrogens (tertiary/aromatic N) is 2. The van der Waals surface area contributed by atoms with Crippen LogP contribution in [0.3, 0.4) is 0 Å². The predicted octanol–water partition coefficient (Wildman–Crippen LogP) is 2.52. The summed E-state index contributed by atoms with van der Waals surface area (Å²) in [7, 11) is -3.73. The van der Waals surface area contributed by atoms with Gasteiger partial charge in [-0.05, 0) is 43.9 Å². The highest BCUT2D eigenvalue weighted by molar-refractivity contribution is 7.89. The van der Waals surface area contributed by atoms with E-state index in [9.17, 15) is 17.6 Å². The van der Waals surface area contributed by atoms with Crippen LogP contribution >= 0.6 is 0 Å². The lowest BCUT2D eigenvalue weighted by Gasteiger charge is -2.35. The number of hydrogen-bond donors (Lipinski definition) is 0. The number of piperidine rings is 1. The molecular weight excluding hydrogens is 347 g/mol. The Kier molecular flexibility index (Phi) is 5.02. The van der Waals surface area contributed by atoms with Gasteiger partial charge in [0.05, 0.1) is 11.4 Å². The van der Waals surface area contributed by atoms with Gasteiger partial charge in [-0.2, -0.15) is 4.31 Å². The molecule has 0 spiro atoms. The molecule has 1 aromatic carbocycles. The Balaban J connectivity index is 1.70. The minimum Gasteiger partial charge on any atom is -0.444 e. The first-order chi connectivity index (χ1) is 11.8. The van der Waals surface area contributed by atoms with E-state index in [0.29, 0.717) is 38.0 Å². The molecule has 2 saturated heterocycles. The molecule has 0 radical (unpaired) electrons. The highest BCUT2D eigenvalue weighted by atomic mass is 32.2. The molecule has 1 unspecified atom stereocenters. The topological polar surface area (TPSA) is 66.9 Å². The van der Waals surface area contributed by atoms with Crippen LogP contribution in [0.5, 0.6) is 0 Å². The molecule has 3 rings (SSSR count). The van der Waals surface area contributed by atoms with E-state index in [0.717, 1.165) is 12.5 Å². The van der Waals surface area contributed by atoms with Crippen LogP contribution in [-0.4, -0.2) is 55.5 Å². The zero-order valence-corrected chi connectivity index (χ0v) is 15.3. The Morgan fingerprint density at radius 3 is 2.56 bits per heavy atom. The van der Waals surface area contributed by atoms with E-state index in [1.807, 2.05) is 6.92 Å². The lowest BCUT2D eigenvalue weighted by atomic mass is 10.1. The summed E-state index contributed by atoms with van der Waals surface area (Å²) in [6, 6.07) is 3.79. The first kappa shape index (κ1) is 18.1. The van der Waals surface area contributed by atoms with Crippen molar-refractivity contribution in [1.82, 2.24) is 9.21 Å². The second-order valence-corrected chi connectivity index (χ2v) is 8.52. The summed E-state index contributed by atoms with van der Waals surface area (Å²) in [5.74, 6) is -0.565. The number of carbonyl (C=O) groups is 1. The summed E-state index contributed by atoms with van der Waals surface area (Å²) >= 11 is 0. The number of cyclic esters (lactones) is 1. The second-order valence-electron chi connectivity index (χ2n) is 6.61. The van der Waals surface area contributed by atoms with E-state index in [1.165, 1.54) is 16.4 Å². The van der Waals surface area contributed by atoms with E-state index < -0.39 is 15.8 Å². The van der Waals surface area contributed by atoms with Gasteiger partial charge in [0, 0.05) is 19.1 Å². The average Bonchev–Trinajstić information content (AvgIpc) is 2.98. The van der Waals surface area contributed by atoms with E-state index in [-0.39, 0.29) is 23.1 Å². The van der Waals surface area contributed by atoms with Crippen molar-refractivity contribution in [2.45, 2.75) is 50.2 Å². The van der Waals surface area contributed by atoms with Crippen molar-refractivity contribution >= 4 is 16.1 Å². The molecule has 2 heterocycles. The minimum atomic E-state index is -3.73. The number of carbonyl (C=O) groups excluding carboxylic acids is 1. The lowest BCUT2D eigenvalue weighted by Crippen LogP contribution is -2.47. The van der Waals surface area contributed by atoms with Crippen molar-refractivity contribution in [3.63, 3.8) is 0 Å². The highest BCUT2D eigenvalue weighted by Gasteiger charge is 2.38. The molecule has 0 saturated carbocycles. The fourth-order valence-corrected chi connectivity index (χ4v) is 5.14. The third-order valence-corrected chi connectivity index (χ3v) is 7.03. The van der Waals surface area contributed by atoms with Crippen LogP contribution in [0, 0.1) is 12.7 Å². The van der Waals surface area contributed by atoms with Gasteiger partial charge in [0.1, 0.15) is 11.9 Å². The third kappa shape index (κ3) is 3.50. The van der Waals surface area contributed by atoms with Gasteiger partial charge < -0.3 is 9.64 Å². The fourth-order valence-electron chi connectivity index (χ4n) is 3.44. The largest absolute Gasteiger partial charge is 0.444 e. The van der Waals surface area contributed by atoms with Gasteiger partial charge in [0.15, 0.2) is 0 Å². The van der Waals surface area contributed by atoms with Gasteiger partial charge in [-0.25, -0.2) is 17.6 Å². The van der Waals surface area contributed by atoms with Crippen LogP contribution in [0.1, 0.15) is 31.7 Å². The average molecular weight is 370 g/mol. The normalized spacial score (nSPS) is 23.1. The summed E-state index contributed by atoms with van der Waals surface area (Å²) < 4.78 is 45.8. The number of ether oxygens (including phenoxy) is 1. The fraction of sp³-hybridized carbons (Fsp3) is 0.588. The molecule has 2 aliphatic heterocycles. The Labute approximate surface area is 147 Å². The SMILES string of the molecule is CCC1CN(C2CCN(S(=O)(=O)c3cc(F)ccc3C)CC2)C(=O)O1. The number of amides is 1. The van der Waals surface area contributed by atoms with Crippen molar-refractivity contribution in [1.29, 1.82) is 0 Å². The number of rotatable bonds is 4. The molecule has 0 aliphatic carbocycles.